The number of esters is 2. The maximum absolute atomic E-state index is 12.8. The predicted molar refractivity (Wildman–Crippen MR) is 289 cm³/mol. The smallest absolute Gasteiger partial charge is 0.462 e. The van der Waals surface area contributed by atoms with Gasteiger partial charge in [0.2, 0.25) is 0 Å². The second-order valence-corrected chi connectivity index (χ2v) is 22.1. The maximum Gasteiger partial charge on any atom is 0.472 e. The van der Waals surface area contributed by atoms with Crippen molar-refractivity contribution in [2.24, 2.45) is 0 Å². The average Bonchev–Trinajstić information content (AvgIpc) is 3.30. The first-order chi connectivity index (χ1) is 33.0. The SMILES string of the molecule is CCCCCCC/C=C\C/C=C\CCCCCCCCCCCCCC(=O)OC(COC(=O)CCCCCCCCCCC/C=C\CCCCCCCCCC)COP(=O)(O)OCC[N+](C)(C)C. The number of allylic oxidation sites excluding steroid dienone is 6. The Bertz CT molecular complexity index is 1250. The Kier molecular flexibility index (Phi) is 48.9. The van der Waals surface area contributed by atoms with Crippen molar-refractivity contribution in [3.8, 4) is 0 Å². The summed E-state index contributed by atoms with van der Waals surface area (Å²) >= 11 is 0. The van der Waals surface area contributed by atoms with Gasteiger partial charge in [0.15, 0.2) is 6.10 Å². The molecule has 10 heteroatoms. The molecule has 0 aliphatic carbocycles. The molecule has 0 saturated heterocycles. The van der Waals surface area contributed by atoms with Gasteiger partial charge in [-0.05, 0) is 70.6 Å². The molecule has 400 valence electrons. The van der Waals surface area contributed by atoms with Gasteiger partial charge in [-0.1, -0.05) is 224 Å². The molecule has 2 atom stereocenters. The molecule has 0 aliphatic rings. The van der Waals surface area contributed by atoms with E-state index in [2.05, 4.69) is 50.3 Å². The van der Waals surface area contributed by atoms with E-state index in [0.717, 1.165) is 44.9 Å². The standard InChI is InChI=1S/C58H110NO8P/c1-6-8-10-12-14-16-18-20-22-24-26-28-29-31-33-35-37-39-41-43-45-47-49-51-58(61)67-56(55-66-68(62,63)65-53-52-59(3,4)5)54-64-57(60)50-48-46-44-42-40-38-36-34-32-30-27-25-23-21-19-17-15-13-11-9-7-2/h18,20,24-27,56H,6-17,19,21-23,28-55H2,1-5H3/p+1/b20-18-,26-24-,27-25-. The largest absolute Gasteiger partial charge is 0.472 e. The summed E-state index contributed by atoms with van der Waals surface area (Å²) in [6.45, 7) is 4.45. The number of carbonyl (C=O) groups excluding carboxylic acids is 2. The minimum Gasteiger partial charge on any atom is -0.462 e. The number of ether oxygens (including phenoxy) is 2. The Balaban J connectivity index is 4.17. The highest BCUT2D eigenvalue weighted by Gasteiger charge is 2.27. The van der Waals surface area contributed by atoms with Crippen molar-refractivity contribution in [3.05, 3.63) is 36.5 Å². The van der Waals surface area contributed by atoms with Crippen LogP contribution in [-0.4, -0.2) is 74.9 Å². The molecule has 2 unspecified atom stereocenters. The third-order valence-electron chi connectivity index (χ3n) is 12.6. The Labute approximate surface area is 421 Å². The van der Waals surface area contributed by atoms with Crippen LogP contribution in [0, 0.1) is 0 Å². The van der Waals surface area contributed by atoms with E-state index in [0.29, 0.717) is 17.4 Å². The molecule has 0 fully saturated rings. The second-order valence-electron chi connectivity index (χ2n) is 20.7. The molecule has 0 bridgehead atoms. The lowest BCUT2D eigenvalue weighted by atomic mass is 10.0. The minimum absolute atomic E-state index is 0.0318. The van der Waals surface area contributed by atoms with Crippen molar-refractivity contribution in [1.29, 1.82) is 0 Å². The predicted octanol–water partition coefficient (Wildman–Crippen LogP) is 17.6. The zero-order valence-electron chi connectivity index (χ0n) is 45.4. The molecule has 0 aromatic carbocycles. The van der Waals surface area contributed by atoms with Gasteiger partial charge in [-0.3, -0.25) is 18.6 Å². The average molecular weight is 981 g/mol. The van der Waals surface area contributed by atoms with Gasteiger partial charge < -0.3 is 18.9 Å². The lowest BCUT2D eigenvalue weighted by Gasteiger charge is -2.24. The number of hydrogen-bond acceptors (Lipinski definition) is 7. The number of phosphoric acid groups is 1. The highest BCUT2D eigenvalue weighted by Crippen LogP contribution is 2.43. The van der Waals surface area contributed by atoms with E-state index in [1.165, 1.54) is 193 Å². The van der Waals surface area contributed by atoms with Crippen molar-refractivity contribution in [2.45, 2.75) is 277 Å². The van der Waals surface area contributed by atoms with Gasteiger partial charge in [-0.2, -0.15) is 0 Å². The summed E-state index contributed by atoms with van der Waals surface area (Å²) in [5, 5.41) is 0. The van der Waals surface area contributed by atoms with Gasteiger partial charge in [0.25, 0.3) is 0 Å². The fourth-order valence-electron chi connectivity index (χ4n) is 8.16. The first-order valence-corrected chi connectivity index (χ1v) is 30.2. The molecule has 0 rings (SSSR count). The number of quaternary nitrogens is 1. The van der Waals surface area contributed by atoms with Gasteiger partial charge in [0.1, 0.15) is 19.8 Å². The molecule has 0 spiro atoms. The Morgan fingerprint density at radius 2 is 0.794 bits per heavy atom. The lowest BCUT2D eigenvalue weighted by Crippen LogP contribution is -2.37. The van der Waals surface area contributed by atoms with Crippen molar-refractivity contribution in [3.63, 3.8) is 0 Å². The fraction of sp³-hybridized carbons (Fsp3) is 0.862. The van der Waals surface area contributed by atoms with Crippen molar-refractivity contribution < 1.29 is 42.1 Å². The van der Waals surface area contributed by atoms with Crippen molar-refractivity contribution >= 4 is 19.8 Å². The molecule has 1 N–H and O–H groups in total. The molecule has 0 saturated carbocycles. The monoisotopic (exact) mass is 981 g/mol. The summed E-state index contributed by atoms with van der Waals surface area (Å²) in [5.74, 6) is -0.792. The normalized spacial score (nSPS) is 13.6. The quantitative estimate of drug-likeness (QED) is 0.0211. The summed E-state index contributed by atoms with van der Waals surface area (Å²) in [6, 6.07) is 0. The molecule has 0 aromatic heterocycles. The molecule has 0 heterocycles. The molecular weight excluding hydrogens is 870 g/mol. The molecular formula is C58H111NO8P+. The summed E-state index contributed by atoms with van der Waals surface area (Å²) in [7, 11) is 1.48. The minimum atomic E-state index is -4.38. The second kappa shape index (κ2) is 50.2. The molecule has 68 heavy (non-hydrogen) atoms. The summed E-state index contributed by atoms with van der Waals surface area (Å²) in [5.41, 5.74) is 0. The van der Waals surface area contributed by atoms with Crippen molar-refractivity contribution in [1.82, 2.24) is 0 Å². The van der Waals surface area contributed by atoms with Gasteiger partial charge in [-0.25, -0.2) is 4.57 Å². The summed E-state index contributed by atoms with van der Waals surface area (Å²) in [4.78, 5) is 35.7. The number of hydrogen-bond donors (Lipinski definition) is 1. The highest BCUT2D eigenvalue weighted by atomic mass is 31.2. The molecule has 0 radical (unpaired) electrons. The topological polar surface area (TPSA) is 108 Å². The number of nitrogens with zero attached hydrogens (tertiary/aromatic N) is 1. The first-order valence-electron chi connectivity index (χ1n) is 28.7. The summed E-state index contributed by atoms with van der Waals surface area (Å²) in [6.07, 6.45) is 60.6. The van der Waals surface area contributed by atoms with Crippen LogP contribution in [0.1, 0.15) is 271 Å². The van der Waals surface area contributed by atoms with Crippen LogP contribution in [0.2, 0.25) is 0 Å². The Morgan fingerprint density at radius 1 is 0.456 bits per heavy atom. The number of likely N-dealkylation sites (N-methyl/N-ethyl adjacent to an activating group) is 1. The van der Waals surface area contributed by atoms with Gasteiger partial charge in [0, 0.05) is 12.8 Å². The van der Waals surface area contributed by atoms with Crippen LogP contribution < -0.4 is 0 Å². The molecule has 9 nitrogen and oxygen atoms in total. The zero-order valence-corrected chi connectivity index (χ0v) is 46.2. The fourth-order valence-corrected chi connectivity index (χ4v) is 8.90. The van der Waals surface area contributed by atoms with Crippen molar-refractivity contribution in [2.75, 3.05) is 47.5 Å². The number of rotatable bonds is 53. The number of unbranched alkanes of at least 4 members (excludes halogenated alkanes) is 33. The third kappa shape index (κ3) is 53.6. The zero-order chi connectivity index (χ0) is 49.9. The molecule has 0 aromatic rings. The van der Waals surface area contributed by atoms with Crippen LogP contribution in [0.15, 0.2) is 36.5 Å². The van der Waals surface area contributed by atoms with Gasteiger partial charge in [0.05, 0.1) is 27.7 Å². The van der Waals surface area contributed by atoms with Gasteiger partial charge >= 0.3 is 19.8 Å². The van der Waals surface area contributed by atoms with E-state index in [4.69, 9.17) is 18.5 Å². The summed E-state index contributed by atoms with van der Waals surface area (Å²) < 4.78 is 34.6. The van der Waals surface area contributed by atoms with E-state index in [9.17, 15) is 19.0 Å². The van der Waals surface area contributed by atoms with Crippen LogP contribution >= 0.6 is 7.82 Å². The Hall–Kier alpha value is -1.77. The Morgan fingerprint density at radius 3 is 1.18 bits per heavy atom. The van der Waals surface area contributed by atoms with E-state index in [1.807, 2.05) is 21.1 Å². The van der Waals surface area contributed by atoms with Crippen LogP contribution in [-0.2, 0) is 32.7 Å². The van der Waals surface area contributed by atoms with E-state index < -0.39 is 26.5 Å². The van der Waals surface area contributed by atoms with Crippen LogP contribution in [0.3, 0.4) is 0 Å². The van der Waals surface area contributed by atoms with Crippen LogP contribution in [0.25, 0.3) is 0 Å². The van der Waals surface area contributed by atoms with E-state index in [-0.39, 0.29) is 32.0 Å². The number of phosphoric ester groups is 1. The molecule has 0 aliphatic heterocycles. The number of carbonyl (C=O) groups is 2. The van der Waals surface area contributed by atoms with Gasteiger partial charge in [-0.15, -0.1) is 0 Å². The highest BCUT2D eigenvalue weighted by molar-refractivity contribution is 7.47. The lowest BCUT2D eigenvalue weighted by molar-refractivity contribution is -0.870. The van der Waals surface area contributed by atoms with E-state index in [1.54, 1.807) is 0 Å². The first kappa shape index (κ1) is 66.2. The maximum atomic E-state index is 12.8. The van der Waals surface area contributed by atoms with E-state index >= 15 is 0 Å². The molecule has 0 amide bonds. The third-order valence-corrected chi connectivity index (χ3v) is 13.6. The van der Waals surface area contributed by atoms with Crippen LogP contribution in [0.4, 0.5) is 0 Å². The van der Waals surface area contributed by atoms with Crippen LogP contribution in [0.5, 0.6) is 0 Å².